The highest BCUT2D eigenvalue weighted by Crippen LogP contribution is 2.01. The van der Waals surface area contributed by atoms with Crippen LogP contribution < -0.4 is 5.73 Å². The molecule has 1 atom stereocenters. The van der Waals surface area contributed by atoms with E-state index in [4.69, 9.17) is 15.9 Å². The molecule has 0 unspecified atom stereocenters. The van der Waals surface area contributed by atoms with Crippen LogP contribution in [-0.2, 0) is 4.79 Å². The Balaban J connectivity index is 3.66. The molecule has 0 bridgehead atoms. The minimum absolute atomic E-state index is 0.324. The molecule has 0 aliphatic heterocycles. The van der Waals surface area contributed by atoms with Gasteiger partial charge in [0.05, 0.1) is 0 Å². The zero-order valence-electron chi connectivity index (χ0n) is 9.33. The number of carboxylic acid groups (broad SMARTS) is 1. The molecule has 0 aromatic rings. The van der Waals surface area contributed by atoms with Crippen LogP contribution >= 0.6 is 0 Å². The number of nitrogens with two attached hydrogens (primary N) is 1. The summed E-state index contributed by atoms with van der Waals surface area (Å²) >= 11 is 0. The van der Waals surface area contributed by atoms with Gasteiger partial charge in [-0.3, -0.25) is 10.0 Å². The van der Waals surface area contributed by atoms with Crippen molar-refractivity contribution >= 4 is 11.8 Å². The highest BCUT2D eigenvalue weighted by atomic mass is 16.5. The van der Waals surface area contributed by atoms with Crippen molar-refractivity contribution in [1.29, 1.82) is 0 Å². The van der Waals surface area contributed by atoms with Crippen molar-refractivity contribution in [1.82, 2.24) is 5.06 Å². The number of hydrogen-bond acceptors (Lipinski definition) is 5. The number of aliphatic hydroxyl groups is 1. The molecule has 0 saturated heterocycles. The first-order valence-electron chi connectivity index (χ1n) is 5.05. The molecule has 0 aliphatic rings. The molecule has 7 nitrogen and oxygen atoms in total. The first kappa shape index (κ1) is 14.8. The second-order valence-electron chi connectivity index (χ2n) is 3.41. The Hall–Kier alpha value is -1.18. The highest BCUT2D eigenvalue weighted by molar-refractivity contribution is 5.78. The molecule has 0 aromatic heterocycles. The summed E-state index contributed by atoms with van der Waals surface area (Å²) in [6.07, 6.45) is 1.59. The average molecular weight is 233 g/mol. The van der Waals surface area contributed by atoms with Gasteiger partial charge >= 0.3 is 5.97 Å². The third-order valence-corrected chi connectivity index (χ3v) is 2.13. The first-order chi connectivity index (χ1) is 7.49. The lowest BCUT2D eigenvalue weighted by Crippen LogP contribution is -2.30. The Labute approximate surface area is 94.2 Å². The molecule has 0 aromatic carbocycles. The summed E-state index contributed by atoms with van der Waals surface area (Å²) in [5, 5.41) is 27.3. The molecule has 5 N–H and O–H groups in total. The molecule has 94 valence electrons. The Morgan fingerprint density at radius 3 is 2.62 bits per heavy atom. The number of aliphatic carboxylic acids is 1. The molecule has 7 heteroatoms. The Kier molecular flexibility index (Phi) is 7.44. The van der Waals surface area contributed by atoms with Gasteiger partial charge in [0.2, 0.25) is 0 Å². The van der Waals surface area contributed by atoms with Crippen LogP contribution in [0.4, 0.5) is 0 Å². The molecular weight excluding hydrogens is 214 g/mol. The van der Waals surface area contributed by atoms with E-state index in [1.54, 1.807) is 6.92 Å². The van der Waals surface area contributed by atoms with E-state index < -0.39 is 12.0 Å². The van der Waals surface area contributed by atoms with Gasteiger partial charge in [0.15, 0.2) is 0 Å². The number of rotatable bonds is 7. The lowest BCUT2D eigenvalue weighted by atomic mass is 10.1. The molecule has 16 heavy (non-hydrogen) atoms. The van der Waals surface area contributed by atoms with Gasteiger partial charge in [-0.15, -0.1) is 0 Å². The second-order valence-corrected chi connectivity index (χ2v) is 3.41. The number of hydroxylamine groups is 2. The van der Waals surface area contributed by atoms with E-state index in [1.165, 1.54) is 0 Å². The summed E-state index contributed by atoms with van der Waals surface area (Å²) in [5.74, 6) is -0.691. The molecule has 0 spiro atoms. The van der Waals surface area contributed by atoms with E-state index in [9.17, 15) is 10.0 Å². The topological polar surface area (TPSA) is 119 Å². The monoisotopic (exact) mass is 233 g/mol. The van der Waals surface area contributed by atoms with Crippen LogP contribution in [0.3, 0.4) is 0 Å². The SMILES string of the molecule is C/C(=N\CO)N(O)CCCC[C@H](N)C(=O)O. The second kappa shape index (κ2) is 8.03. The largest absolute Gasteiger partial charge is 0.480 e. The van der Waals surface area contributed by atoms with E-state index in [2.05, 4.69) is 4.99 Å². The molecule has 0 saturated carbocycles. The van der Waals surface area contributed by atoms with E-state index in [0.717, 1.165) is 5.06 Å². The number of carbonyl (C=O) groups is 1. The third kappa shape index (κ3) is 6.33. The van der Waals surface area contributed by atoms with Crippen LogP contribution in [-0.4, -0.2) is 51.6 Å². The Morgan fingerprint density at radius 1 is 1.50 bits per heavy atom. The Bertz CT molecular complexity index is 245. The predicted molar refractivity (Wildman–Crippen MR) is 58.1 cm³/mol. The van der Waals surface area contributed by atoms with E-state index in [0.29, 0.717) is 31.6 Å². The fourth-order valence-corrected chi connectivity index (χ4v) is 1.10. The van der Waals surface area contributed by atoms with Crippen LogP contribution in [0.25, 0.3) is 0 Å². The number of hydrogen-bond donors (Lipinski definition) is 4. The summed E-state index contributed by atoms with van der Waals surface area (Å²) in [5.41, 5.74) is 5.31. The van der Waals surface area contributed by atoms with Crippen molar-refractivity contribution in [2.75, 3.05) is 13.3 Å². The summed E-state index contributed by atoms with van der Waals surface area (Å²) in [6.45, 7) is 1.54. The van der Waals surface area contributed by atoms with Gasteiger partial charge in [-0.25, -0.2) is 10.1 Å². The highest BCUT2D eigenvalue weighted by Gasteiger charge is 2.10. The zero-order valence-corrected chi connectivity index (χ0v) is 9.33. The molecule has 0 rings (SSSR count). The van der Waals surface area contributed by atoms with Gasteiger partial charge in [-0.05, 0) is 26.2 Å². The van der Waals surface area contributed by atoms with Gasteiger partial charge < -0.3 is 15.9 Å². The number of carboxylic acids is 1. The quantitative estimate of drug-likeness (QED) is 0.206. The maximum absolute atomic E-state index is 10.4. The minimum Gasteiger partial charge on any atom is -0.480 e. The normalized spacial score (nSPS) is 13.6. The fourth-order valence-electron chi connectivity index (χ4n) is 1.10. The minimum atomic E-state index is -1.01. The summed E-state index contributed by atoms with van der Waals surface area (Å²) in [7, 11) is 0. The number of amidine groups is 1. The molecular formula is C9H19N3O4. The first-order valence-corrected chi connectivity index (χ1v) is 5.05. The van der Waals surface area contributed by atoms with Crippen LogP contribution in [0.1, 0.15) is 26.2 Å². The summed E-state index contributed by atoms with van der Waals surface area (Å²) in [4.78, 5) is 14.0. The van der Waals surface area contributed by atoms with Crippen molar-refractivity contribution < 1.29 is 20.2 Å². The maximum atomic E-state index is 10.4. The van der Waals surface area contributed by atoms with Crippen molar-refractivity contribution in [3.05, 3.63) is 0 Å². The van der Waals surface area contributed by atoms with Gasteiger partial charge in [0, 0.05) is 6.54 Å². The molecule has 0 heterocycles. The van der Waals surface area contributed by atoms with E-state index in [1.807, 2.05) is 0 Å². The number of unbranched alkanes of at least 4 members (excludes halogenated alkanes) is 1. The standard InChI is InChI=1S/C9H19N3O4/c1-7(11-6-13)12(16)5-3-2-4-8(10)9(14)15/h8,13,16H,2-6,10H2,1H3,(H,14,15)/b11-7+/t8-/m0/s1. The lowest BCUT2D eigenvalue weighted by molar-refractivity contribution is -0.138. The zero-order chi connectivity index (χ0) is 12.6. The molecule has 0 radical (unpaired) electrons. The Morgan fingerprint density at radius 2 is 2.12 bits per heavy atom. The van der Waals surface area contributed by atoms with Gasteiger partial charge in [-0.2, -0.15) is 0 Å². The van der Waals surface area contributed by atoms with Crippen LogP contribution in [0, 0.1) is 0 Å². The maximum Gasteiger partial charge on any atom is 0.320 e. The number of aliphatic hydroxyl groups excluding tert-OH is 1. The van der Waals surface area contributed by atoms with Gasteiger partial charge in [0.25, 0.3) is 0 Å². The molecule has 0 amide bonds. The van der Waals surface area contributed by atoms with Crippen LogP contribution in [0.15, 0.2) is 4.99 Å². The fraction of sp³-hybridized carbons (Fsp3) is 0.778. The van der Waals surface area contributed by atoms with Gasteiger partial charge in [0.1, 0.15) is 18.6 Å². The van der Waals surface area contributed by atoms with E-state index in [-0.39, 0.29) is 6.73 Å². The van der Waals surface area contributed by atoms with Crippen molar-refractivity contribution in [3.8, 4) is 0 Å². The average Bonchev–Trinajstić information content (AvgIpc) is 2.23. The van der Waals surface area contributed by atoms with Crippen molar-refractivity contribution in [2.45, 2.75) is 32.2 Å². The van der Waals surface area contributed by atoms with Crippen LogP contribution in [0.5, 0.6) is 0 Å². The summed E-state index contributed by atoms with van der Waals surface area (Å²) < 4.78 is 0. The van der Waals surface area contributed by atoms with Crippen LogP contribution in [0.2, 0.25) is 0 Å². The third-order valence-electron chi connectivity index (χ3n) is 2.13. The molecule has 0 fully saturated rings. The van der Waals surface area contributed by atoms with E-state index >= 15 is 0 Å². The smallest absolute Gasteiger partial charge is 0.320 e. The summed E-state index contributed by atoms with van der Waals surface area (Å²) in [6, 6.07) is -0.848. The van der Waals surface area contributed by atoms with Crippen molar-refractivity contribution in [2.24, 2.45) is 10.7 Å². The lowest BCUT2D eigenvalue weighted by Gasteiger charge is -2.16. The number of nitrogens with zero attached hydrogens (tertiary/aromatic N) is 2. The van der Waals surface area contributed by atoms with Crippen molar-refractivity contribution in [3.63, 3.8) is 0 Å². The molecule has 0 aliphatic carbocycles. The van der Waals surface area contributed by atoms with Gasteiger partial charge in [-0.1, -0.05) is 0 Å². The predicted octanol–water partition coefficient (Wildman–Crippen LogP) is -0.372. The number of aliphatic imine (C=N–C) groups is 1.